The number of nitrogens with one attached hydrogen (secondary N) is 1. The van der Waals surface area contributed by atoms with Gasteiger partial charge in [0, 0.05) is 23.2 Å². The zero-order chi connectivity index (χ0) is 13.8. The van der Waals surface area contributed by atoms with Crippen LogP contribution in [0.2, 0.25) is 0 Å². The Labute approximate surface area is 124 Å². The lowest BCUT2D eigenvalue weighted by Gasteiger charge is -2.07. The summed E-state index contributed by atoms with van der Waals surface area (Å²) in [5, 5.41) is 3.50. The quantitative estimate of drug-likeness (QED) is 0.826. The number of nitrogens with zero attached hydrogens (tertiary/aromatic N) is 2. The Kier molecular flexibility index (Phi) is 4.33. The largest absolute Gasteiger partial charge is 0.308 e. The number of aryl methyl sites for hydroxylation is 1. The molecule has 2 aromatic rings. The van der Waals surface area contributed by atoms with Gasteiger partial charge in [0.15, 0.2) is 0 Å². The molecule has 0 saturated heterocycles. The Morgan fingerprint density at radius 1 is 1.20 bits per heavy atom. The summed E-state index contributed by atoms with van der Waals surface area (Å²) in [6, 6.07) is 13.2. The van der Waals surface area contributed by atoms with Gasteiger partial charge in [0.25, 0.3) is 0 Å². The third-order valence-electron chi connectivity index (χ3n) is 3.21. The molecule has 1 aromatic carbocycles. The minimum atomic E-state index is 0.715. The second-order valence-electron chi connectivity index (χ2n) is 5.17. The maximum atomic E-state index is 4.65. The summed E-state index contributed by atoms with van der Waals surface area (Å²) >= 11 is 1.78. The van der Waals surface area contributed by atoms with Gasteiger partial charge in [-0.1, -0.05) is 18.2 Å². The van der Waals surface area contributed by atoms with Crippen LogP contribution >= 0.6 is 11.8 Å². The molecule has 0 bridgehead atoms. The van der Waals surface area contributed by atoms with Crippen LogP contribution in [0.15, 0.2) is 41.3 Å². The van der Waals surface area contributed by atoms with Crippen molar-refractivity contribution in [2.75, 3.05) is 0 Å². The standard InChI is InChI=1S/C16H19N3S/c1-12-9-14(10-17-13-7-8-13)19-16(18-12)11-20-15-5-3-2-4-6-15/h2-6,9,13,17H,7-8,10-11H2,1H3. The van der Waals surface area contributed by atoms with E-state index in [4.69, 9.17) is 0 Å². The van der Waals surface area contributed by atoms with E-state index >= 15 is 0 Å². The molecular formula is C16H19N3S. The Bertz CT molecular complexity index is 567. The molecule has 0 unspecified atom stereocenters. The van der Waals surface area contributed by atoms with E-state index in [1.54, 1.807) is 11.8 Å². The van der Waals surface area contributed by atoms with Gasteiger partial charge in [-0.15, -0.1) is 11.8 Å². The van der Waals surface area contributed by atoms with Crippen LogP contribution in [-0.4, -0.2) is 16.0 Å². The maximum absolute atomic E-state index is 4.65. The van der Waals surface area contributed by atoms with Crippen molar-refractivity contribution in [3.8, 4) is 0 Å². The Morgan fingerprint density at radius 2 is 2.00 bits per heavy atom. The minimum absolute atomic E-state index is 0.715. The third-order valence-corrected chi connectivity index (χ3v) is 4.22. The number of benzene rings is 1. The maximum Gasteiger partial charge on any atom is 0.139 e. The van der Waals surface area contributed by atoms with Crippen molar-refractivity contribution in [3.05, 3.63) is 53.6 Å². The second kappa shape index (κ2) is 6.37. The van der Waals surface area contributed by atoms with Crippen molar-refractivity contribution in [2.24, 2.45) is 0 Å². The summed E-state index contributed by atoms with van der Waals surface area (Å²) in [5.41, 5.74) is 2.16. The number of hydrogen-bond acceptors (Lipinski definition) is 4. The molecule has 1 saturated carbocycles. The minimum Gasteiger partial charge on any atom is -0.308 e. The monoisotopic (exact) mass is 285 g/mol. The molecule has 3 rings (SSSR count). The van der Waals surface area contributed by atoms with Crippen molar-refractivity contribution in [2.45, 2.75) is 43.0 Å². The molecule has 1 aromatic heterocycles. The van der Waals surface area contributed by atoms with Crippen LogP contribution in [-0.2, 0) is 12.3 Å². The van der Waals surface area contributed by atoms with E-state index < -0.39 is 0 Å². The molecule has 3 nitrogen and oxygen atoms in total. The van der Waals surface area contributed by atoms with Crippen molar-refractivity contribution in [1.29, 1.82) is 0 Å². The highest BCUT2D eigenvalue weighted by Gasteiger charge is 2.20. The SMILES string of the molecule is Cc1cc(CNC2CC2)nc(CSc2ccccc2)n1. The Morgan fingerprint density at radius 3 is 2.75 bits per heavy atom. The number of hydrogen-bond donors (Lipinski definition) is 1. The summed E-state index contributed by atoms with van der Waals surface area (Å²) in [7, 11) is 0. The van der Waals surface area contributed by atoms with E-state index in [1.807, 2.05) is 13.0 Å². The van der Waals surface area contributed by atoms with Gasteiger partial charge in [-0.3, -0.25) is 0 Å². The van der Waals surface area contributed by atoms with Crippen LogP contribution in [0.25, 0.3) is 0 Å². The first-order chi connectivity index (χ1) is 9.79. The fourth-order valence-electron chi connectivity index (χ4n) is 2.06. The van der Waals surface area contributed by atoms with Gasteiger partial charge in [0.2, 0.25) is 0 Å². The van der Waals surface area contributed by atoms with Crippen LogP contribution in [0, 0.1) is 6.92 Å². The first-order valence-electron chi connectivity index (χ1n) is 7.04. The van der Waals surface area contributed by atoms with E-state index in [9.17, 15) is 0 Å². The average molecular weight is 285 g/mol. The van der Waals surface area contributed by atoms with Crippen molar-refractivity contribution in [1.82, 2.24) is 15.3 Å². The first-order valence-corrected chi connectivity index (χ1v) is 8.03. The molecule has 1 aliphatic carbocycles. The molecule has 1 N–H and O–H groups in total. The molecular weight excluding hydrogens is 266 g/mol. The Balaban J connectivity index is 1.62. The fraction of sp³-hybridized carbons (Fsp3) is 0.375. The predicted octanol–water partition coefficient (Wildman–Crippen LogP) is 3.33. The first kappa shape index (κ1) is 13.6. The molecule has 0 aliphatic heterocycles. The normalized spacial score (nSPS) is 14.4. The second-order valence-corrected chi connectivity index (χ2v) is 6.22. The molecule has 0 radical (unpaired) electrons. The number of aromatic nitrogens is 2. The highest BCUT2D eigenvalue weighted by Crippen LogP contribution is 2.21. The van der Waals surface area contributed by atoms with Crippen LogP contribution in [0.1, 0.15) is 30.1 Å². The number of thioether (sulfide) groups is 1. The zero-order valence-electron chi connectivity index (χ0n) is 11.7. The predicted molar refractivity (Wildman–Crippen MR) is 82.6 cm³/mol. The van der Waals surface area contributed by atoms with E-state index in [0.717, 1.165) is 29.5 Å². The summed E-state index contributed by atoms with van der Waals surface area (Å²) in [6.07, 6.45) is 2.61. The van der Waals surface area contributed by atoms with Gasteiger partial charge < -0.3 is 5.32 Å². The van der Waals surface area contributed by atoms with Crippen molar-refractivity contribution >= 4 is 11.8 Å². The molecule has 0 atom stereocenters. The highest BCUT2D eigenvalue weighted by molar-refractivity contribution is 7.98. The molecule has 104 valence electrons. The van der Waals surface area contributed by atoms with Crippen LogP contribution in [0.5, 0.6) is 0 Å². The van der Waals surface area contributed by atoms with Gasteiger partial charge in [-0.2, -0.15) is 0 Å². The van der Waals surface area contributed by atoms with Crippen LogP contribution < -0.4 is 5.32 Å². The van der Waals surface area contributed by atoms with Gasteiger partial charge in [-0.05, 0) is 38.0 Å². The Hall–Kier alpha value is -1.39. The van der Waals surface area contributed by atoms with Crippen molar-refractivity contribution < 1.29 is 0 Å². The smallest absolute Gasteiger partial charge is 0.139 e. The molecule has 0 spiro atoms. The van der Waals surface area contributed by atoms with Gasteiger partial charge >= 0.3 is 0 Å². The molecule has 1 heterocycles. The van der Waals surface area contributed by atoms with E-state index in [-0.39, 0.29) is 0 Å². The lowest BCUT2D eigenvalue weighted by atomic mass is 10.3. The fourth-order valence-corrected chi connectivity index (χ4v) is 2.83. The van der Waals surface area contributed by atoms with E-state index in [2.05, 4.69) is 45.6 Å². The average Bonchev–Trinajstić information content (AvgIpc) is 3.28. The van der Waals surface area contributed by atoms with Crippen LogP contribution in [0.4, 0.5) is 0 Å². The lowest BCUT2D eigenvalue weighted by Crippen LogP contribution is -2.17. The molecule has 1 aliphatic rings. The van der Waals surface area contributed by atoms with E-state index in [0.29, 0.717) is 6.04 Å². The summed E-state index contributed by atoms with van der Waals surface area (Å²) < 4.78 is 0. The van der Waals surface area contributed by atoms with Crippen LogP contribution in [0.3, 0.4) is 0 Å². The molecule has 20 heavy (non-hydrogen) atoms. The highest BCUT2D eigenvalue weighted by atomic mass is 32.2. The third kappa shape index (κ3) is 4.05. The summed E-state index contributed by atoms with van der Waals surface area (Å²) in [4.78, 5) is 10.4. The zero-order valence-corrected chi connectivity index (χ0v) is 12.5. The molecule has 0 amide bonds. The topological polar surface area (TPSA) is 37.8 Å². The number of rotatable bonds is 6. The summed E-state index contributed by atoms with van der Waals surface area (Å²) in [5.74, 6) is 1.74. The van der Waals surface area contributed by atoms with E-state index in [1.165, 1.54) is 17.7 Å². The van der Waals surface area contributed by atoms with Gasteiger partial charge in [0.05, 0.1) is 11.4 Å². The lowest BCUT2D eigenvalue weighted by molar-refractivity contribution is 0.668. The van der Waals surface area contributed by atoms with Gasteiger partial charge in [-0.25, -0.2) is 9.97 Å². The molecule has 1 fully saturated rings. The molecule has 4 heteroatoms. The summed E-state index contributed by atoms with van der Waals surface area (Å²) in [6.45, 7) is 2.90. The van der Waals surface area contributed by atoms with Gasteiger partial charge in [0.1, 0.15) is 5.82 Å². The van der Waals surface area contributed by atoms with Crippen molar-refractivity contribution in [3.63, 3.8) is 0 Å².